The number of rotatable bonds is 7. The molecule has 1 saturated heterocycles. The topological polar surface area (TPSA) is 86.5 Å². The zero-order chi connectivity index (χ0) is 19.9. The summed E-state index contributed by atoms with van der Waals surface area (Å²) in [6.45, 7) is 3.23. The Morgan fingerprint density at radius 1 is 1.36 bits per heavy atom. The molecule has 0 spiro atoms. The Hall–Kier alpha value is -2.55. The first kappa shape index (κ1) is 20.2. The molecule has 3 rings (SSSR count). The highest BCUT2D eigenvalue weighted by atomic mass is 32.2. The molecule has 9 heteroatoms. The molecule has 1 aliphatic heterocycles. The largest absolute Gasteiger partial charge is 0.497 e. The highest BCUT2D eigenvalue weighted by molar-refractivity contribution is 7.99. The number of esters is 1. The molecule has 1 atom stereocenters. The minimum atomic E-state index is -0.233. The first-order valence-corrected chi connectivity index (χ1v) is 10.2. The fourth-order valence-electron chi connectivity index (χ4n) is 3.13. The van der Waals surface area contributed by atoms with Crippen molar-refractivity contribution in [3.8, 4) is 11.4 Å². The fraction of sp³-hybridized carbons (Fsp3) is 0.474. The van der Waals surface area contributed by atoms with E-state index < -0.39 is 0 Å². The Morgan fingerprint density at radius 3 is 3.00 bits per heavy atom. The van der Waals surface area contributed by atoms with Crippen LogP contribution in [0.3, 0.4) is 0 Å². The molecule has 0 unspecified atom stereocenters. The number of benzene rings is 1. The fourth-order valence-corrected chi connectivity index (χ4v) is 3.97. The number of amides is 1. The van der Waals surface area contributed by atoms with E-state index in [2.05, 4.69) is 10.2 Å². The van der Waals surface area contributed by atoms with E-state index in [1.165, 1.54) is 11.8 Å². The van der Waals surface area contributed by atoms with Crippen molar-refractivity contribution < 1.29 is 19.1 Å². The predicted octanol–water partition coefficient (Wildman–Crippen LogP) is 2.17. The van der Waals surface area contributed by atoms with Crippen LogP contribution < -0.4 is 4.74 Å². The van der Waals surface area contributed by atoms with Gasteiger partial charge in [0.2, 0.25) is 5.91 Å². The van der Waals surface area contributed by atoms with E-state index in [4.69, 9.17) is 9.47 Å². The smallest absolute Gasteiger partial charge is 0.310 e. The average Bonchev–Trinajstić information content (AvgIpc) is 3.21. The standard InChI is InChI=1S/C19H24N4O4S/c1-3-27-18(25)14-6-5-9-22(11-14)17(24)12-28-19-21-20-13-23(19)15-7-4-8-16(10-15)26-2/h4,7-8,10,13-14H,3,5-6,9,11-12H2,1-2H3/t14-/m0/s1. The number of ether oxygens (including phenoxy) is 2. The van der Waals surface area contributed by atoms with Gasteiger partial charge in [-0.1, -0.05) is 17.8 Å². The maximum absolute atomic E-state index is 12.6. The molecule has 0 aliphatic carbocycles. The number of likely N-dealkylation sites (tertiary alicyclic amines) is 1. The molecule has 1 aromatic carbocycles. The Kier molecular flexibility index (Phi) is 6.91. The summed E-state index contributed by atoms with van der Waals surface area (Å²) in [5.74, 6) is 0.502. The SMILES string of the molecule is CCOC(=O)[C@H]1CCCN(C(=O)CSc2nncn2-c2cccc(OC)c2)C1. The van der Waals surface area contributed by atoms with Crippen LogP contribution in [0, 0.1) is 5.92 Å². The van der Waals surface area contributed by atoms with Crippen molar-refractivity contribution in [1.29, 1.82) is 0 Å². The maximum atomic E-state index is 12.6. The number of hydrogen-bond acceptors (Lipinski definition) is 7. The third kappa shape index (κ3) is 4.83. The number of methoxy groups -OCH3 is 1. The molecule has 1 amide bonds. The van der Waals surface area contributed by atoms with E-state index in [1.54, 1.807) is 25.3 Å². The highest BCUT2D eigenvalue weighted by Gasteiger charge is 2.29. The van der Waals surface area contributed by atoms with E-state index in [-0.39, 0.29) is 23.5 Å². The van der Waals surface area contributed by atoms with E-state index in [0.29, 0.717) is 24.9 Å². The van der Waals surface area contributed by atoms with Gasteiger partial charge in [-0.25, -0.2) is 0 Å². The Balaban J connectivity index is 1.61. The number of thioether (sulfide) groups is 1. The van der Waals surface area contributed by atoms with Gasteiger partial charge in [0.15, 0.2) is 5.16 Å². The first-order chi connectivity index (χ1) is 13.6. The van der Waals surface area contributed by atoms with Crippen LogP contribution in [-0.2, 0) is 14.3 Å². The lowest BCUT2D eigenvalue weighted by Crippen LogP contribution is -2.43. The minimum Gasteiger partial charge on any atom is -0.497 e. The van der Waals surface area contributed by atoms with Gasteiger partial charge in [-0.2, -0.15) is 0 Å². The van der Waals surface area contributed by atoms with Crippen molar-refractivity contribution in [3.63, 3.8) is 0 Å². The van der Waals surface area contributed by atoms with Gasteiger partial charge in [0, 0.05) is 19.2 Å². The molecule has 0 bridgehead atoms. The molecular formula is C19H24N4O4S. The number of carbonyl (C=O) groups excluding carboxylic acids is 2. The zero-order valence-corrected chi connectivity index (χ0v) is 16.9. The van der Waals surface area contributed by atoms with Gasteiger partial charge in [-0.15, -0.1) is 10.2 Å². The van der Waals surface area contributed by atoms with Crippen LogP contribution in [-0.4, -0.2) is 64.1 Å². The number of aromatic nitrogens is 3. The van der Waals surface area contributed by atoms with Crippen molar-refractivity contribution in [2.24, 2.45) is 5.92 Å². The van der Waals surface area contributed by atoms with Gasteiger partial charge in [-0.3, -0.25) is 14.2 Å². The summed E-state index contributed by atoms with van der Waals surface area (Å²) in [6, 6.07) is 7.55. The summed E-state index contributed by atoms with van der Waals surface area (Å²) in [6.07, 6.45) is 3.18. The van der Waals surface area contributed by atoms with Crippen LogP contribution in [0.4, 0.5) is 0 Å². The molecule has 150 valence electrons. The van der Waals surface area contributed by atoms with E-state index in [1.807, 2.05) is 28.8 Å². The average molecular weight is 404 g/mol. The molecule has 2 aromatic rings. The van der Waals surface area contributed by atoms with Gasteiger partial charge < -0.3 is 14.4 Å². The first-order valence-electron chi connectivity index (χ1n) is 9.24. The third-order valence-electron chi connectivity index (χ3n) is 4.57. The molecule has 1 fully saturated rings. The van der Waals surface area contributed by atoms with E-state index in [9.17, 15) is 9.59 Å². The van der Waals surface area contributed by atoms with E-state index in [0.717, 1.165) is 24.3 Å². The second-order valence-corrected chi connectivity index (χ2v) is 7.35. The van der Waals surface area contributed by atoms with Crippen molar-refractivity contribution >= 4 is 23.6 Å². The van der Waals surface area contributed by atoms with Crippen molar-refractivity contribution in [3.05, 3.63) is 30.6 Å². The summed E-state index contributed by atoms with van der Waals surface area (Å²) >= 11 is 1.32. The van der Waals surface area contributed by atoms with Crippen LogP contribution in [0.2, 0.25) is 0 Å². The number of hydrogen-bond donors (Lipinski definition) is 0. The van der Waals surface area contributed by atoms with Crippen molar-refractivity contribution in [2.45, 2.75) is 24.9 Å². The molecular weight excluding hydrogens is 380 g/mol. The maximum Gasteiger partial charge on any atom is 0.310 e. The summed E-state index contributed by atoms with van der Waals surface area (Å²) in [7, 11) is 1.61. The zero-order valence-electron chi connectivity index (χ0n) is 16.0. The van der Waals surface area contributed by atoms with Crippen molar-refractivity contribution in [2.75, 3.05) is 32.6 Å². The Bertz CT molecular complexity index is 826. The molecule has 1 aromatic heterocycles. The van der Waals surface area contributed by atoms with Crippen LogP contribution in [0.15, 0.2) is 35.7 Å². The lowest BCUT2D eigenvalue weighted by atomic mass is 9.98. The second-order valence-electron chi connectivity index (χ2n) is 6.40. The normalized spacial score (nSPS) is 16.6. The number of piperidine rings is 1. The molecule has 28 heavy (non-hydrogen) atoms. The monoisotopic (exact) mass is 404 g/mol. The van der Waals surface area contributed by atoms with Crippen molar-refractivity contribution in [1.82, 2.24) is 19.7 Å². The predicted molar refractivity (Wildman–Crippen MR) is 105 cm³/mol. The van der Waals surface area contributed by atoms with Gasteiger partial charge in [0.1, 0.15) is 12.1 Å². The van der Waals surface area contributed by atoms with Crippen LogP contribution in [0.25, 0.3) is 5.69 Å². The van der Waals surface area contributed by atoms with Gasteiger partial charge in [0.05, 0.1) is 31.1 Å². The minimum absolute atomic E-state index is 0.0146. The van der Waals surface area contributed by atoms with Gasteiger partial charge in [-0.05, 0) is 31.9 Å². The van der Waals surface area contributed by atoms with Gasteiger partial charge >= 0.3 is 5.97 Å². The van der Waals surface area contributed by atoms with Crippen LogP contribution in [0.5, 0.6) is 5.75 Å². The number of carbonyl (C=O) groups is 2. The quantitative estimate of drug-likeness (QED) is 0.516. The summed E-state index contributed by atoms with van der Waals surface area (Å²) in [5.41, 5.74) is 0.861. The molecule has 2 heterocycles. The summed E-state index contributed by atoms with van der Waals surface area (Å²) in [5, 5.41) is 8.71. The third-order valence-corrected chi connectivity index (χ3v) is 5.49. The van der Waals surface area contributed by atoms with Crippen LogP contribution in [0.1, 0.15) is 19.8 Å². The van der Waals surface area contributed by atoms with Crippen LogP contribution >= 0.6 is 11.8 Å². The second kappa shape index (κ2) is 9.59. The lowest BCUT2D eigenvalue weighted by Gasteiger charge is -2.31. The number of nitrogens with zero attached hydrogens (tertiary/aromatic N) is 4. The Morgan fingerprint density at radius 2 is 2.21 bits per heavy atom. The van der Waals surface area contributed by atoms with E-state index >= 15 is 0 Å². The molecule has 8 nitrogen and oxygen atoms in total. The lowest BCUT2D eigenvalue weighted by molar-refractivity contribution is -0.151. The highest BCUT2D eigenvalue weighted by Crippen LogP contribution is 2.24. The molecule has 0 saturated carbocycles. The van der Waals surface area contributed by atoms with Gasteiger partial charge in [0.25, 0.3) is 0 Å². The molecule has 0 N–H and O–H groups in total. The summed E-state index contributed by atoms with van der Waals surface area (Å²) in [4.78, 5) is 26.4. The molecule has 1 aliphatic rings. The molecule has 0 radical (unpaired) electrons. The summed E-state index contributed by atoms with van der Waals surface area (Å²) < 4.78 is 12.2. The Labute approximate surface area is 168 Å².